The molecule has 2 atom stereocenters. The van der Waals surface area contributed by atoms with Crippen molar-refractivity contribution in [1.29, 1.82) is 0 Å². The molecule has 0 radical (unpaired) electrons. The molecule has 1 aromatic rings. The molecule has 3 heteroatoms. The molecule has 1 saturated heterocycles. The maximum atomic E-state index is 11.0. The third-order valence-electron chi connectivity index (χ3n) is 3.26. The predicted molar refractivity (Wildman–Crippen MR) is 64.8 cm³/mol. The Bertz CT molecular complexity index is 388. The lowest BCUT2D eigenvalue weighted by molar-refractivity contribution is -0.142. The first kappa shape index (κ1) is 12.1. The van der Waals surface area contributed by atoms with Crippen LogP contribution in [-0.4, -0.2) is 25.3 Å². The molecule has 2 rings (SSSR count). The van der Waals surface area contributed by atoms with Gasteiger partial charge < -0.3 is 9.47 Å². The Hall–Kier alpha value is -1.35. The second kappa shape index (κ2) is 4.88. The van der Waals surface area contributed by atoms with E-state index in [0.717, 1.165) is 6.42 Å². The Kier molecular flexibility index (Phi) is 3.48. The van der Waals surface area contributed by atoms with E-state index in [2.05, 4.69) is 19.1 Å². The molecule has 3 nitrogen and oxygen atoms in total. The molecule has 0 aromatic heterocycles. The van der Waals surface area contributed by atoms with Gasteiger partial charge in [-0.05, 0) is 18.9 Å². The molecule has 0 spiro atoms. The molecule has 1 aliphatic rings. The zero-order valence-electron chi connectivity index (χ0n) is 10.3. The standard InChI is InChI=1S/C14H18O3/c1-11-8-14(9-16-11,10-17-12(2)15)13-6-4-3-5-7-13/h3-7,11H,8-10H2,1-2H3. The van der Waals surface area contributed by atoms with Crippen LogP contribution in [0, 0.1) is 0 Å². The summed E-state index contributed by atoms with van der Waals surface area (Å²) in [6.45, 7) is 4.51. The molecule has 1 aromatic carbocycles. The van der Waals surface area contributed by atoms with Gasteiger partial charge in [-0.15, -0.1) is 0 Å². The van der Waals surface area contributed by atoms with E-state index in [9.17, 15) is 4.79 Å². The van der Waals surface area contributed by atoms with Gasteiger partial charge in [-0.25, -0.2) is 0 Å². The van der Waals surface area contributed by atoms with Crippen LogP contribution in [-0.2, 0) is 19.7 Å². The van der Waals surface area contributed by atoms with Crippen LogP contribution in [0.15, 0.2) is 30.3 Å². The summed E-state index contributed by atoms with van der Waals surface area (Å²) in [6, 6.07) is 10.2. The fourth-order valence-corrected chi connectivity index (χ4v) is 2.39. The Morgan fingerprint density at radius 1 is 1.47 bits per heavy atom. The van der Waals surface area contributed by atoms with E-state index in [1.807, 2.05) is 18.2 Å². The second-order valence-electron chi connectivity index (χ2n) is 4.75. The van der Waals surface area contributed by atoms with E-state index in [-0.39, 0.29) is 17.5 Å². The monoisotopic (exact) mass is 234 g/mol. The van der Waals surface area contributed by atoms with Crippen molar-refractivity contribution < 1.29 is 14.3 Å². The zero-order chi connectivity index (χ0) is 12.3. The number of rotatable bonds is 3. The third kappa shape index (κ3) is 2.67. The molecule has 0 N–H and O–H groups in total. The molecule has 0 bridgehead atoms. The molecule has 2 unspecified atom stereocenters. The third-order valence-corrected chi connectivity index (χ3v) is 3.26. The lowest BCUT2D eigenvalue weighted by atomic mass is 9.79. The SMILES string of the molecule is CC(=O)OCC1(c2ccccc2)COC(C)C1. The summed E-state index contributed by atoms with van der Waals surface area (Å²) in [5.41, 5.74) is 1.01. The molecular weight excluding hydrogens is 216 g/mol. The number of carbonyl (C=O) groups is 1. The van der Waals surface area contributed by atoms with Crippen LogP contribution < -0.4 is 0 Å². The summed E-state index contributed by atoms with van der Waals surface area (Å²) in [7, 11) is 0. The molecule has 92 valence electrons. The van der Waals surface area contributed by atoms with Crippen molar-refractivity contribution in [1.82, 2.24) is 0 Å². The number of hydrogen-bond acceptors (Lipinski definition) is 3. The van der Waals surface area contributed by atoms with Crippen LogP contribution in [0.5, 0.6) is 0 Å². The van der Waals surface area contributed by atoms with Crippen molar-refractivity contribution in [3.63, 3.8) is 0 Å². The Labute approximate surface area is 102 Å². The highest BCUT2D eigenvalue weighted by molar-refractivity contribution is 5.66. The number of benzene rings is 1. The molecule has 1 fully saturated rings. The van der Waals surface area contributed by atoms with Gasteiger partial charge in [0.05, 0.1) is 18.1 Å². The molecule has 0 aliphatic carbocycles. The van der Waals surface area contributed by atoms with Crippen molar-refractivity contribution in [2.45, 2.75) is 31.8 Å². The molecule has 17 heavy (non-hydrogen) atoms. The lowest BCUT2D eigenvalue weighted by Crippen LogP contribution is -2.33. The minimum Gasteiger partial charge on any atom is -0.465 e. The van der Waals surface area contributed by atoms with Crippen molar-refractivity contribution in [3.05, 3.63) is 35.9 Å². The molecule has 1 heterocycles. The highest BCUT2D eigenvalue weighted by Crippen LogP contribution is 2.36. The van der Waals surface area contributed by atoms with Gasteiger partial charge in [0.2, 0.25) is 0 Å². The van der Waals surface area contributed by atoms with Crippen molar-refractivity contribution in [2.75, 3.05) is 13.2 Å². The van der Waals surface area contributed by atoms with Crippen LogP contribution in [0.2, 0.25) is 0 Å². The van der Waals surface area contributed by atoms with Gasteiger partial charge in [-0.3, -0.25) is 4.79 Å². The zero-order valence-corrected chi connectivity index (χ0v) is 10.3. The average Bonchev–Trinajstić information content (AvgIpc) is 2.71. The molecule has 1 aliphatic heterocycles. The van der Waals surface area contributed by atoms with E-state index in [1.54, 1.807) is 0 Å². The van der Waals surface area contributed by atoms with Crippen LogP contribution in [0.1, 0.15) is 25.8 Å². The van der Waals surface area contributed by atoms with Gasteiger partial charge in [-0.2, -0.15) is 0 Å². The van der Waals surface area contributed by atoms with Gasteiger partial charge in [0.1, 0.15) is 6.61 Å². The number of hydrogen-bond donors (Lipinski definition) is 0. The largest absolute Gasteiger partial charge is 0.465 e. The Balaban J connectivity index is 2.22. The molecule has 0 saturated carbocycles. The summed E-state index contributed by atoms with van der Waals surface area (Å²) >= 11 is 0. The predicted octanol–water partition coefficient (Wildman–Crippen LogP) is 2.30. The van der Waals surface area contributed by atoms with E-state index in [4.69, 9.17) is 9.47 Å². The van der Waals surface area contributed by atoms with Crippen LogP contribution in [0.4, 0.5) is 0 Å². The van der Waals surface area contributed by atoms with Gasteiger partial charge in [-0.1, -0.05) is 30.3 Å². The van der Waals surface area contributed by atoms with Gasteiger partial charge in [0, 0.05) is 6.92 Å². The van der Waals surface area contributed by atoms with Crippen molar-refractivity contribution in [3.8, 4) is 0 Å². The van der Waals surface area contributed by atoms with E-state index >= 15 is 0 Å². The van der Waals surface area contributed by atoms with E-state index < -0.39 is 0 Å². The average molecular weight is 234 g/mol. The minimum absolute atomic E-state index is 0.174. The maximum Gasteiger partial charge on any atom is 0.302 e. The van der Waals surface area contributed by atoms with Gasteiger partial charge in [0.25, 0.3) is 0 Å². The summed E-state index contributed by atoms with van der Waals surface area (Å²) < 4.78 is 10.9. The quantitative estimate of drug-likeness (QED) is 0.753. The first-order chi connectivity index (χ1) is 8.12. The normalized spacial score (nSPS) is 28.0. The highest BCUT2D eigenvalue weighted by Gasteiger charge is 2.41. The molecule has 0 amide bonds. The lowest BCUT2D eigenvalue weighted by Gasteiger charge is -2.27. The second-order valence-corrected chi connectivity index (χ2v) is 4.75. The summed E-state index contributed by atoms with van der Waals surface area (Å²) in [5, 5.41) is 0. The van der Waals surface area contributed by atoms with Gasteiger partial charge >= 0.3 is 5.97 Å². The summed E-state index contributed by atoms with van der Waals surface area (Å²) in [4.78, 5) is 11.0. The van der Waals surface area contributed by atoms with Crippen LogP contribution in [0.3, 0.4) is 0 Å². The van der Waals surface area contributed by atoms with E-state index in [1.165, 1.54) is 12.5 Å². The fraction of sp³-hybridized carbons (Fsp3) is 0.500. The van der Waals surface area contributed by atoms with E-state index in [0.29, 0.717) is 13.2 Å². The van der Waals surface area contributed by atoms with Crippen LogP contribution in [0.25, 0.3) is 0 Å². The Morgan fingerprint density at radius 3 is 2.71 bits per heavy atom. The number of esters is 1. The fourth-order valence-electron chi connectivity index (χ4n) is 2.39. The first-order valence-electron chi connectivity index (χ1n) is 5.93. The first-order valence-corrected chi connectivity index (χ1v) is 5.93. The Morgan fingerprint density at radius 2 is 2.18 bits per heavy atom. The number of ether oxygens (including phenoxy) is 2. The van der Waals surface area contributed by atoms with Crippen molar-refractivity contribution in [2.24, 2.45) is 0 Å². The van der Waals surface area contributed by atoms with Crippen LogP contribution >= 0.6 is 0 Å². The van der Waals surface area contributed by atoms with Gasteiger partial charge in [0.15, 0.2) is 0 Å². The van der Waals surface area contributed by atoms with Crippen molar-refractivity contribution >= 4 is 5.97 Å². The molecular formula is C14H18O3. The highest BCUT2D eigenvalue weighted by atomic mass is 16.5. The minimum atomic E-state index is -0.236. The topological polar surface area (TPSA) is 35.5 Å². The summed E-state index contributed by atoms with van der Waals surface area (Å²) in [6.07, 6.45) is 1.11. The smallest absolute Gasteiger partial charge is 0.302 e. The number of carbonyl (C=O) groups excluding carboxylic acids is 1. The summed E-state index contributed by atoms with van der Waals surface area (Å²) in [5.74, 6) is -0.236. The maximum absolute atomic E-state index is 11.0.